The van der Waals surface area contributed by atoms with Gasteiger partial charge in [0.05, 0.1) is 0 Å². The molecule has 18 heavy (non-hydrogen) atoms. The van der Waals surface area contributed by atoms with Crippen LogP contribution in [0.2, 0.25) is 0 Å². The molecule has 1 heterocycles. The third kappa shape index (κ3) is 3.19. The van der Waals surface area contributed by atoms with E-state index >= 15 is 0 Å². The maximum Gasteiger partial charge on any atom is 0.244 e. The summed E-state index contributed by atoms with van der Waals surface area (Å²) in [6.07, 6.45) is 4.34. The number of nitrogens with zero attached hydrogens (tertiary/aromatic N) is 1. The van der Waals surface area contributed by atoms with Crippen LogP contribution in [0.4, 0.5) is 5.69 Å². The summed E-state index contributed by atoms with van der Waals surface area (Å²) in [7, 11) is 0. The minimum Gasteiger partial charge on any atom is -0.374 e. The molecule has 1 N–H and O–H groups in total. The van der Waals surface area contributed by atoms with E-state index in [1.807, 2.05) is 24.0 Å². The van der Waals surface area contributed by atoms with Gasteiger partial charge in [-0.15, -0.1) is 11.8 Å². The van der Waals surface area contributed by atoms with Crippen molar-refractivity contribution < 1.29 is 4.79 Å². The van der Waals surface area contributed by atoms with Gasteiger partial charge in [0.15, 0.2) is 0 Å². The first-order valence-electron chi connectivity index (χ1n) is 6.40. The minimum atomic E-state index is -0.150. The minimum absolute atomic E-state index is 0.150. The molecule has 3 nitrogen and oxygen atoms in total. The number of rotatable bonds is 4. The van der Waals surface area contributed by atoms with Crippen LogP contribution in [-0.2, 0) is 4.79 Å². The Labute approximate surface area is 113 Å². The highest BCUT2D eigenvalue weighted by Gasteiger charge is 2.22. The first-order valence-corrected chi connectivity index (χ1v) is 7.62. The van der Waals surface area contributed by atoms with Crippen LogP contribution in [0.25, 0.3) is 0 Å². The highest BCUT2D eigenvalue weighted by atomic mass is 32.2. The number of likely N-dealkylation sites (tertiary alicyclic amines) is 1. The lowest BCUT2D eigenvalue weighted by molar-refractivity contribution is -0.130. The summed E-state index contributed by atoms with van der Waals surface area (Å²) < 4.78 is 0. The van der Waals surface area contributed by atoms with Gasteiger partial charge in [0.1, 0.15) is 6.04 Å². The van der Waals surface area contributed by atoms with E-state index in [4.69, 9.17) is 0 Å². The van der Waals surface area contributed by atoms with Gasteiger partial charge in [-0.3, -0.25) is 4.79 Å². The number of carbonyl (C=O) groups excluding carboxylic acids is 1. The molecule has 1 amide bonds. The molecule has 0 bridgehead atoms. The maximum absolute atomic E-state index is 12.1. The highest BCUT2D eigenvalue weighted by molar-refractivity contribution is 7.98. The molecule has 1 saturated heterocycles. The smallest absolute Gasteiger partial charge is 0.244 e. The van der Waals surface area contributed by atoms with Crippen LogP contribution in [0.5, 0.6) is 0 Å². The largest absolute Gasteiger partial charge is 0.374 e. The first-order chi connectivity index (χ1) is 8.70. The van der Waals surface area contributed by atoms with Crippen molar-refractivity contribution in [2.45, 2.75) is 30.7 Å². The second-order valence-electron chi connectivity index (χ2n) is 4.63. The van der Waals surface area contributed by atoms with Gasteiger partial charge in [-0.25, -0.2) is 0 Å². The summed E-state index contributed by atoms with van der Waals surface area (Å²) >= 11 is 1.72. The molecule has 1 aliphatic heterocycles. The molecule has 1 atom stereocenters. The van der Waals surface area contributed by atoms with Gasteiger partial charge in [0.2, 0.25) is 5.91 Å². The first kappa shape index (κ1) is 13.3. The normalized spacial score (nSPS) is 16.7. The SMILES string of the molecule is CSc1ccc(NC(C)C(=O)N2CCCC2)cc1. The van der Waals surface area contributed by atoms with Crippen molar-refractivity contribution in [2.24, 2.45) is 0 Å². The second-order valence-corrected chi connectivity index (χ2v) is 5.51. The van der Waals surface area contributed by atoms with E-state index in [1.54, 1.807) is 11.8 Å². The molecule has 1 unspecified atom stereocenters. The van der Waals surface area contributed by atoms with Crippen LogP contribution < -0.4 is 5.32 Å². The lowest BCUT2D eigenvalue weighted by Gasteiger charge is -2.21. The molecule has 2 rings (SSSR count). The molecule has 4 heteroatoms. The van der Waals surface area contributed by atoms with E-state index in [-0.39, 0.29) is 11.9 Å². The standard InChI is InChI=1S/C14H20N2OS/c1-11(14(17)16-9-3-4-10-16)15-12-5-7-13(18-2)8-6-12/h5-8,11,15H,3-4,9-10H2,1-2H3. The summed E-state index contributed by atoms with van der Waals surface area (Å²) in [4.78, 5) is 15.3. The Hall–Kier alpha value is -1.16. The van der Waals surface area contributed by atoms with Crippen molar-refractivity contribution in [1.82, 2.24) is 4.90 Å². The molecule has 1 aliphatic rings. The number of anilines is 1. The Morgan fingerprint density at radius 1 is 1.28 bits per heavy atom. The van der Waals surface area contributed by atoms with E-state index in [0.29, 0.717) is 0 Å². The Kier molecular flexibility index (Phi) is 4.53. The van der Waals surface area contributed by atoms with Gasteiger partial charge in [-0.1, -0.05) is 0 Å². The Morgan fingerprint density at radius 3 is 2.44 bits per heavy atom. The molecule has 1 aromatic rings. The number of thioether (sulfide) groups is 1. The fourth-order valence-corrected chi connectivity index (χ4v) is 2.62. The van der Waals surface area contributed by atoms with Crippen LogP contribution in [0.15, 0.2) is 29.2 Å². The van der Waals surface area contributed by atoms with Crippen molar-refractivity contribution in [1.29, 1.82) is 0 Å². The molecule has 0 radical (unpaired) electrons. The van der Waals surface area contributed by atoms with Crippen LogP contribution in [-0.4, -0.2) is 36.2 Å². The van der Waals surface area contributed by atoms with Crippen LogP contribution in [0, 0.1) is 0 Å². The lowest BCUT2D eigenvalue weighted by Crippen LogP contribution is -2.39. The molecule has 0 spiro atoms. The maximum atomic E-state index is 12.1. The number of hydrogen-bond acceptors (Lipinski definition) is 3. The fraction of sp³-hybridized carbons (Fsp3) is 0.500. The van der Waals surface area contributed by atoms with E-state index in [1.165, 1.54) is 4.90 Å². The summed E-state index contributed by atoms with van der Waals surface area (Å²) in [6.45, 7) is 3.76. The second kappa shape index (κ2) is 6.14. The number of nitrogens with one attached hydrogen (secondary N) is 1. The molecule has 0 saturated carbocycles. The van der Waals surface area contributed by atoms with Gasteiger partial charge < -0.3 is 10.2 Å². The summed E-state index contributed by atoms with van der Waals surface area (Å²) in [5.41, 5.74) is 1.01. The number of benzene rings is 1. The van der Waals surface area contributed by atoms with Crippen molar-refractivity contribution in [3.05, 3.63) is 24.3 Å². The number of hydrogen-bond donors (Lipinski definition) is 1. The van der Waals surface area contributed by atoms with E-state index in [9.17, 15) is 4.79 Å². The molecular formula is C14H20N2OS. The Morgan fingerprint density at radius 2 is 1.89 bits per heavy atom. The van der Waals surface area contributed by atoms with E-state index in [0.717, 1.165) is 31.6 Å². The van der Waals surface area contributed by atoms with Crippen LogP contribution >= 0.6 is 11.8 Å². The average molecular weight is 264 g/mol. The van der Waals surface area contributed by atoms with Gasteiger partial charge in [0.25, 0.3) is 0 Å². The molecule has 1 fully saturated rings. The van der Waals surface area contributed by atoms with Gasteiger partial charge in [-0.2, -0.15) is 0 Å². The fourth-order valence-electron chi connectivity index (χ4n) is 2.21. The van der Waals surface area contributed by atoms with Crippen molar-refractivity contribution in [2.75, 3.05) is 24.7 Å². The quantitative estimate of drug-likeness (QED) is 0.849. The third-order valence-corrected chi connectivity index (χ3v) is 4.00. The Bertz CT molecular complexity index is 399. The van der Waals surface area contributed by atoms with E-state index in [2.05, 4.69) is 23.7 Å². The lowest BCUT2D eigenvalue weighted by atomic mass is 10.2. The van der Waals surface area contributed by atoms with Crippen molar-refractivity contribution in [3.63, 3.8) is 0 Å². The van der Waals surface area contributed by atoms with Gasteiger partial charge >= 0.3 is 0 Å². The molecule has 1 aromatic carbocycles. The third-order valence-electron chi connectivity index (χ3n) is 3.26. The highest BCUT2D eigenvalue weighted by Crippen LogP contribution is 2.18. The predicted molar refractivity (Wildman–Crippen MR) is 77.1 cm³/mol. The summed E-state index contributed by atoms with van der Waals surface area (Å²) in [5, 5.41) is 3.27. The topological polar surface area (TPSA) is 32.3 Å². The molecule has 0 aliphatic carbocycles. The van der Waals surface area contributed by atoms with Crippen molar-refractivity contribution in [3.8, 4) is 0 Å². The zero-order chi connectivity index (χ0) is 13.0. The predicted octanol–water partition coefficient (Wildman–Crippen LogP) is 2.83. The molecular weight excluding hydrogens is 244 g/mol. The number of amides is 1. The van der Waals surface area contributed by atoms with E-state index < -0.39 is 0 Å². The summed E-state index contributed by atoms with van der Waals surface area (Å²) in [5.74, 6) is 0.210. The average Bonchev–Trinajstić information content (AvgIpc) is 2.92. The Balaban J connectivity index is 1.92. The van der Waals surface area contributed by atoms with Gasteiger partial charge in [0, 0.05) is 23.7 Å². The van der Waals surface area contributed by atoms with Crippen LogP contribution in [0.1, 0.15) is 19.8 Å². The summed E-state index contributed by atoms with van der Waals surface area (Å²) in [6, 6.07) is 8.04. The zero-order valence-electron chi connectivity index (χ0n) is 11.0. The van der Waals surface area contributed by atoms with Gasteiger partial charge in [-0.05, 0) is 50.3 Å². The van der Waals surface area contributed by atoms with Crippen LogP contribution in [0.3, 0.4) is 0 Å². The van der Waals surface area contributed by atoms with Crippen molar-refractivity contribution >= 4 is 23.4 Å². The zero-order valence-corrected chi connectivity index (χ0v) is 11.8. The molecule has 0 aromatic heterocycles. The molecule has 98 valence electrons. The monoisotopic (exact) mass is 264 g/mol. The number of carbonyl (C=O) groups is 1.